The normalized spacial score (nSPS) is 10.0. The lowest BCUT2D eigenvalue weighted by atomic mass is 10.2. The van der Waals surface area contributed by atoms with Crippen LogP contribution in [0.1, 0.15) is 17.3 Å². The van der Waals surface area contributed by atoms with Gasteiger partial charge in [-0.3, -0.25) is 4.90 Å². The molecule has 0 atom stereocenters. The molecule has 164 valence electrons. The lowest BCUT2D eigenvalue weighted by Gasteiger charge is -2.17. The van der Waals surface area contributed by atoms with E-state index in [0.29, 0.717) is 31.8 Å². The summed E-state index contributed by atoms with van der Waals surface area (Å²) in [4.78, 5) is 12.8. The zero-order valence-electron chi connectivity index (χ0n) is 16.1. The molecule has 1 aromatic carbocycles. The molecule has 28 heavy (non-hydrogen) atoms. The predicted molar refractivity (Wildman–Crippen MR) is 102 cm³/mol. The number of ether oxygens (including phenoxy) is 1. The van der Waals surface area contributed by atoms with Crippen LogP contribution in [0.2, 0.25) is 0 Å². The second kappa shape index (κ2) is 20.0. The third kappa shape index (κ3) is 16.4. The summed E-state index contributed by atoms with van der Waals surface area (Å²) in [5.41, 5.74) is 0.453. The number of phenols is 1. The van der Waals surface area contributed by atoms with Crippen LogP contribution in [0.3, 0.4) is 0 Å². The van der Waals surface area contributed by atoms with Crippen molar-refractivity contribution in [3.8, 4) is 5.75 Å². The molecule has 0 aliphatic heterocycles. The summed E-state index contributed by atoms with van der Waals surface area (Å²) in [5, 5.41) is 58.4. The van der Waals surface area contributed by atoms with Crippen LogP contribution in [0.15, 0.2) is 24.3 Å². The van der Waals surface area contributed by atoms with Crippen molar-refractivity contribution in [3.63, 3.8) is 0 Å². The van der Waals surface area contributed by atoms with Crippen LogP contribution in [-0.2, 0) is 4.74 Å². The van der Waals surface area contributed by atoms with Gasteiger partial charge in [0.1, 0.15) is 11.9 Å². The lowest BCUT2D eigenvalue weighted by Crippen LogP contribution is -2.32. The van der Waals surface area contributed by atoms with Crippen LogP contribution < -0.4 is 0 Å². The zero-order chi connectivity index (χ0) is 21.8. The van der Waals surface area contributed by atoms with E-state index < -0.39 is 6.10 Å². The van der Waals surface area contributed by atoms with Gasteiger partial charge in [0.2, 0.25) is 0 Å². The fraction of sp³-hybridized carbons (Fsp3) is 0.611. The topological polar surface area (TPSA) is 171 Å². The van der Waals surface area contributed by atoms with E-state index in [0.717, 1.165) is 0 Å². The molecule has 0 aromatic heterocycles. The largest absolute Gasteiger partial charge is 0.508 e. The Balaban J connectivity index is 0. The zero-order valence-corrected chi connectivity index (χ0v) is 16.1. The van der Waals surface area contributed by atoms with E-state index in [1.54, 1.807) is 11.8 Å². The molecule has 10 heteroatoms. The molecule has 0 aliphatic carbocycles. The van der Waals surface area contributed by atoms with Crippen molar-refractivity contribution >= 4 is 5.97 Å². The highest BCUT2D eigenvalue weighted by Gasteiger charge is 2.04. The Kier molecular flexibility index (Phi) is 20.3. The number of nitrogens with zero attached hydrogens (tertiary/aromatic N) is 1. The molecule has 1 aromatic rings. The highest BCUT2D eigenvalue weighted by atomic mass is 16.5. The summed E-state index contributed by atoms with van der Waals surface area (Å²) in [6, 6.07) is 5.94. The summed E-state index contributed by atoms with van der Waals surface area (Å²) in [6.45, 7) is 3.13. The van der Waals surface area contributed by atoms with Gasteiger partial charge in [0, 0.05) is 19.6 Å². The van der Waals surface area contributed by atoms with Crippen molar-refractivity contribution in [2.24, 2.45) is 0 Å². The average molecular weight is 407 g/mol. The van der Waals surface area contributed by atoms with E-state index >= 15 is 0 Å². The highest BCUT2D eigenvalue weighted by Crippen LogP contribution is 2.10. The van der Waals surface area contributed by atoms with Crippen molar-refractivity contribution in [2.45, 2.75) is 13.0 Å². The number of rotatable bonds is 10. The summed E-state index contributed by atoms with van der Waals surface area (Å²) in [7, 11) is 0. The molecule has 0 unspecified atom stereocenters. The van der Waals surface area contributed by atoms with Crippen LogP contribution >= 0.6 is 0 Å². The van der Waals surface area contributed by atoms with Gasteiger partial charge in [-0.1, -0.05) is 0 Å². The summed E-state index contributed by atoms with van der Waals surface area (Å²) >= 11 is 0. The molecule has 0 bridgehead atoms. The van der Waals surface area contributed by atoms with Crippen LogP contribution in [0.4, 0.5) is 0 Å². The number of hydrogen-bond acceptors (Lipinski definition) is 10. The van der Waals surface area contributed by atoms with Crippen LogP contribution in [-0.4, -0.2) is 112 Å². The smallest absolute Gasteiger partial charge is 0.338 e. The minimum Gasteiger partial charge on any atom is -0.508 e. The molecule has 10 nitrogen and oxygen atoms in total. The van der Waals surface area contributed by atoms with Crippen molar-refractivity contribution in [1.29, 1.82) is 0 Å². The first-order valence-electron chi connectivity index (χ1n) is 8.80. The van der Waals surface area contributed by atoms with Crippen LogP contribution in [0, 0.1) is 0 Å². The van der Waals surface area contributed by atoms with Gasteiger partial charge < -0.3 is 40.5 Å². The van der Waals surface area contributed by atoms with Gasteiger partial charge in [0.15, 0.2) is 0 Å². The summed E-state index contributed by atoms with van der Waals surface area (Å²) < 4.78 is 4.75. The minimum atomic E-state index is -0.954. The lowest BCUT2D eigenvalue weighted by molar-refractivity contribution is 0.0450. The van der Waals surface area contributed by atoms with Gasteiger partial charge >= 0.3 is 5.97 Å². The Morgan fingerprint density at radius 3 is 1.64 bits per heavy atom. The fourth-order valence-electron chi connectivity index (χ4n) is 1.63. The van der Waals surface area contributed by atoms with E-state index in [-0.39, 0.29) is 44.8 Å². The third-order valence-corrected chi connectivity index (χ3v) is 3.05. The molecular formula is C18H33NO9. The maximum atomic E-state index is 11.1. The molecule has 0 saturated heterocycles. The molecule has 0 radical (unpaired) electrons. The maximum Gasteiger partial charge on any atom is 0.338 e. The summed E-state index contributed by atoms with van der Waals surface area (Å²) in [5.74, 6) is -0.222. The number of aromatic hydroxyl groups is 1. The molecule has 0 spiro atoms. The van der Waals surface area contributed by atoms with Gasteiger partial charge in [-0.25, -0.2) is 4.79 Å². The van der Waals surface area contributed by atoms with Crippen molar-refractivity contribution in [1.82, 2.24) is 4.90 Å². The number of hydrogen-bond donors (Lipinski definition) is 7. The van der Waals surface area contributed by atoms with Crippen molar-refractivity contribution < 1.29 is 45.3 Å². The molecule has 0 amide bonds. The van der Waals surface area contributed by atoms with Gasteiger partial charge in [-0.05, 0) is 31.2 Å². The number of phenolic OH excluding ortho intramolecular Hbond substituents is 1. The molecule has 0 saturated carbocycles. The quantitative estimate of drug-likeness (QED) is 0.219. The van der Waals surface area contributed by atoms with E-state index in [1.807, 2.05) is 0 Å². The molecule has 7 N–H and O–H groups in total. The Hall–Kier alpha value is -1.79. The number of aliphatic hydroxyl groups excluding tert-OH is 6. The second-order valence-electron chi connectivity index (χ2n) is 5.30. The Morgan fingerprint density at radius 2 is 1.36 bits per heavy atom. The third-order valence-electron chi connectivity index (χ3n) is 3.05. The first-order chi connectivity index (χ1) is 13.4. The first-order valence-corrected chi connectivity index (χ1v) is 8.80. The predicted octanol–water partition coefficient (Wildman–Crippen LogP) is -1.83. The van der Waals surface area contributed by atoms with Gasteiger partial charge in [-0.2, -0.15) is 0 Å². The SMILES string of the molecule is CCOC(=O)c1ccc(O)cc1.OCC(O)CO.OCCN(CCO)CCO. The molecule has 0 aliphatic rings. The van der Waals surface area contributed by atoms with Crippen molar-refractivity contribution in [2.75, 3.05) is 59.3 Å². The molecule has 0 heterocycles. The highest BCUT2D eigenvalue weighted by molar-refractivity contribution is 5.89. The summed E-state index contributed by atoms with van der Waals surface area (Å²) in [6.07, 6.45) is -0.954. The molecular weight excluding hydrogens is 374 g/mol. The molecule has 0 fully saturated rings. The number of esters is 1. The van der Waals surface area contributed by atoms with Gasteiger partial charge in [0.25, 0.3) is 0 Å². The monoisotopic (exact) mass is 407 g/mol. The van der Waals surface area contributed by atoms with Gasteiger partial charge in [0.05, 0.1) is 45.2 Å². The Bertz CT molecular complexity index is 452. The number of aliphatic hydroxyl groups is 6. The number of carbonyl (C=O) groups is 1. The first kappa shape index (κ1) is 28.4. The Morgan fingerprint density at radius 1 is 0.929 bits per heavy atom. The van der Waals surface area contributed by atoms with E-state index in [1.165, 1.54) is 24.3 Å². The number of carbonyl (C=O) groups excluding carboxylic acids is 1. The average Bonchev–Trinajstić information content (AvgIpc) is 2.69. The standard InChI is InChI=1S/C9H10O3.C6H15NO3.C3H8O3/c1-2-12-9(11)7-3-5-8(10)6-4-7;8-4-1-7(2-5-9)3-6-10;4-1-3(6)2-5/h3-6,10H,2H2,1H3;8-10H,1-6H2;3-6H,1-2H2. The van der Waals surface area contributed by atoms with Crippen molar-refractivity contribution in [3.05, 3.63) is 29.8 Å². The molecule has 1 rings (SSSR count). The van der Waals surface area contributed by atoms with E-state index in [4.69, 9.17) is 40.5 Å². The fourth-order valence-corrected chi connectivity index (χ4v) is 1.63. The minimum absolute atomic E-state index is 0.0694. The van der Waals surface area contributed by atoms with Crippen LogP contribution in [0.5, 0.6) is 5.75 Å². The van der Waals surface area contributed by atoms with E-state index in [2.05, 4.69) is 0 Å². The van der Waals surface area contributed by atoms with E-state index in [9.17, 15) is 4.79 Å². The Labute approximate surface area is 164 Å². The number of benzene rings is 1. The van der Waals surface area contributed by atoms with Crippen LogP contribution in [0.25, 0.3) is 0 Å². The van der Waals surface area contributed by atoms with Gasteiger partial charge in [-0.15, -0.1) is 0 Å². The maximum absolute atomic E-state index is 11.1. The second-order valence-corrected chi connectivity index (χ2v) is 5.30.